The van der Waals surface area contributed by atoms with E-state index in [1.807, 2.05) is 6.92 Å². The SMILES string of the molecule is CC(CC(=O)OCl)NCC1=Cc2ccc(OCCCCc3ccccc3)cc2CC1. The van der Waals surface area contributed by atoms with Crippen molar-refractivity contribution in [2.24, 2.45) is 0 Å². The maximum Gasteiger partial charge on any atom is 0.326 e. The maximum absolute atomic E-state index is 11.2. The van der Waals surface area contributed by atoms with Crippen LogP contribution in [0.15, 0.2) is 54.1 Å². The summed E-state index contributed by atoms with van der Waals surface area (Å²) in [6.07, 6.45) is 7.80. The molecule has 1 aliphatic rings. The number of hydrogen-bond acceptors (Lipinski definition) is 4. The fraction of sp³-hybridized carbons (Fsp3) is 0.400. The van der Waals surface area contributed by atoms with Crippen LogP contribution in [0, 0.1) is 0 Å². The van der Waals surface area contributed by atoms with E-state index in [-0.39, 0.29) is 12.5 Å². The Kier molecular flexibility index (Phi) is 8.79. The molecule has 160 valence electrons. The van der Waals surface area contributed by atoms with Crippen LogP contribution >= 0.6 is 11.9 Å². The highest BCUT2D eigenvalue weighted by Gasteiger charge is 2.14. The highest BCUT2D eigenvalue weighted by molar-refractivity contribution is 6.13. The fourth-order valence-corrected chi connectivity index (χ4v) is 3.74. The Labute approximate surface area is 184 Å². The van der Waals surface area contributed by atoms with E-state index in [2.05, 4.69) is 64.2 Å². The van der Waals surface area contributed by atoms with E-state index in [9.17, 15) is 4.79 Å². The summed E-state index contributed by atoms with van der Waals surface area (Å²) in [7, 11) is 0. The monoisotopic (exact) mass is 427 g/mol. The molecule has 0 radical (unpaired) electrons. The van der Waals surface area contributed by atoms with Crippen LogP contribution in [-0.2, 0) is 21.9 Å². The Morgan fingerprint density at radius 3 is 2.77 bits per heavy atom. The van der Waals surface area contributed by atoms with Gasteiger partial charge >= 0.3 is 5.97 Å². The minimum absolute atomic E-state index is 0.0243. The second-order valence-electron chi connectivity index (χ2n) is 7.89. The van der Waals surface area contributed by atoms with Crippen LogP contribution in [0.5, 0.6) is 5.75 Å². The molecule has 0 amide bonds. The van der Waals surface area contributed by atoms with E-state index in [1.54, 1.807) is 0 Å². The topological polar surface area (TPSA) is 47.6 Å². The van der Waals surface area contributed by atoms with Crippen LogP contribution in [0.3, 0.4) is 0 Å². The van der Waals surface area contributed by atoms with Gasteiger partial charge in [0.05, 0.1) is 13.0 Å². The zero-order valence-corrected chi connectivity index (χ0v) is 18.3. The van der Waals surface area contributed by atoms with Gasteiger partial charge in [-0.1, -0.05) is 48.0 Å². The number of halogens is 1. The van der Waals surface area contributed by atoms with E-state index < -0.39 is 5.97 Å². The summed E-state index contributed by atoms with van der Waals surface area (Å²) >= 11 is 5.09. The zero-order chi connectivity index (χ0) is 21.2. The number of benzene rings is 2. The van der Waals surface area contributed by atoms with Gasteiger partial charge in [0.25, 0.3) is 0 Å². The molecule has 30 heavy (non-hydrogen) atoms. The molecule has 0 spiro atoms. The molecule has 3 rings (SSSR count). The highest BCUT2D eigenvalue weighted by atomic mass is 35.5. The summed E-state index contributed by atoms with van der Waals surface area (Å²) in [6.45, 7) is 3.46. The van der Waals surface area contributed by atoms with Crippen molar-refractivity contribution in [3.8, 4) is 5.75 Å². The molecule has 0 heterocycles. The summed E-state index contributed by atoms with van der Waals surface area (Å²) in [4.78, 5) is 11.2. The third-order valence-electron chi connectivity index (χ3n) is 5.40. The van der Waals surface area contributed by atoms with E-state index in [0.717, 1.165) is 51.0 Å². The van der Waals surface area contributed by atoms with Crippen LogP contribution in [0.4, 0.5) is 0 Å². The fourth-order valence-electron chi connectivity index (χ4n) is 3.68. The number of unbranched alkanes of at least 4 members (excludes halogenated alkanes) is 1. The van der Waals surface area contributed by atoms with E-state index >= 15 is 0 Å². The predicted octanol–water partition coefficient (Wildman–Crippen LogP) is 5.48. The van der Waals surface area contributed by atoms with Crippen LogP contribution < -0.4 is 10.1 Å². The molecular weight excluding hydrogens is 398 g/mol. The average molecular weight is 428 g/mol. The number of ether oxygens (including phenoxy) is 1. The molecule has 0 bridgehead atoms. The molecule has 4 nitrogen and oxygen atoms in total. The highest BCUT2D eigenvalue weighted by Crippen LogP contribution is 2.27. The van der Waals surface area contributed by atoms with Crippen molar-refractivity contribution in [2.45, 2.75) is 51.5 Å². The zero-order valence-electron chi connectivity index (χ0n) is 17.5. The first kappa shape index (κ1) is 22.4. The molecule has 5 heteroatoms. The molecule has 0 aromatic heterocycles. The number of nitrogens with one attached hydrogen (secondary N) is 1. The largest absolute Gasteiger partial charge is 0.494 e. The number of carbonyl (C=O) groups is 1. The lowest BCUT2D eigenvalue weighted by atomic mass is 9.92. The molecular formula is C25H30ClNO3. The first-order chi connectivity index (χ1) is 14.6. The van der Waals surface area contributed by atoms with Crippen molar-refractivity contribution in [3.63, 3.8) is 0 Å². The Morgan fingerprint density at radius 2 is 1.97 bits per heavy atom. The smallest absolute Gasteiger partial charge is 0.326 e. The van der Waals surface area contributed by atoms with Crippen molar-refractivity contribution >= 4 is 23.9 Å². The number of carbonyl (C=O) groups excluding carboxylic acids is 1. The van der Waals surface area contributed by atoms with Gasteiger partial charge in [0.1, 0.15) is 17.6 Å². The van der Waals surface area contributed by atoms with Gasteiger partial charge in [-0.2, -0.15) is 0 Å². The lowest BCUT2D eigenvalue weighted by Gasteiger charge is -2.20. The van der Waals surface area contributed by atoms with Crippen molar-refractivity contribution in [1.82, 2.24) is 5.32 Å². The van der Waals surface area contributed by atoms with E-state index in [4.69, 9.17) is 16.6 Å². The molecule has 1 N–H and O–H groups in total. The molecule has 0 fully saturated rings. The summed E-state index contributed by atoms with van der Waals surface area (Å²) in [5.41, 5.74) is 5.31. The summed E-state index contributed by atoms with van der Waals surface area (Å²) in [6, 6.07) is 17.0. The minimum Gasteiger partial charge on any atom is -0.494 e. The predicted molar refractivity (Wildman–Crippen MR) is 122 cm³/mol. The van der Waals surface area contributed by atoms with Crippen LogP contribution in [-0.4, -0.2) is 25.2 Å². The standard InChI is InChI=1S/C25H30ClNO3/c1-19(15-25(28)30-26)27-18-21-10-11-23-17-24(13-12-22(23)16-21)29-14-6-5-9-20-7-3-2-4-8-20/h2-4,7-8,12-13,16-17,19,27H,5-6,9-11,14-15,18H2,1H3. The Balaban J connectivity index is 1.42. The van der Waals surface area contributed by atoms with Gasteiger partial charge in [0.2, 0.25) is 0 Å². The summed E-state index contributed by atoms with van der Waals surface area (Å²) < 4.78 is 10.2. The summed E-state index contributed by atoms with van der Waals surface area (Å²) in [5, 5.41) is 3.36. The van der Waals surface area contributed by atoms with Crippen molar-refractivity contribution in [3.05, 3.63) is 70.8 Å². The molecule has 2 aromatic carbocycles. The van der Waals surface area contributed by atoms with Crippen LogP contribution in [0.1, 0.15) is 49.3 Å². The van der Waals surface area contributed by atoms with Gasteiger partial charge in [-0.25, -0.2) is 0 Å². The Bertz CT molecular complexity index is 851. The van der Waals surface area contributed by atoms with Crippen LogP contribution in [0.2, 0.25) is 0 Å². The molecule has 0 saturated carbocycles. The maximum atomic E-state index is 11.2. The van der Waals surface area contributed by atoms with E-state index in [0.29, 0.717) is 0 Å². The van der Waals surface area contributed by atoms with Crippen molar-refractivity contribution in [2.75, 3.05) is 13.2 Å². The number of rotatable bonds is 11. The van der Waals surface area contributed by atoms with Gasteiger partial charge in [-0.15, -0.1) is 0 Å². The molecule has 1 atom stereocenters. The van der Waals surface area contributed by atoms with Gasteiger partial charge in [-0.3, -0.25) is 4.79 Å². The minimum atomic E-state index is -0.410. The first-order valence-electron chi connectivity index (χ1n) is 10.7. The van der Waals surface area contributed by atoms with Gasteiger partial charge in [0.15, 0.2) is 0 Å². The second-order valence-corrected chi connectivity index (χ2v) is 8.04. The lowest BCUT2D eigenvalue weighted by Crippen LogP contribution is -2.30. The summed E-state index contributed by atoms with van der Waals surface area (Å²) in [5.74, 6) is 0.545. The van der Waals surface area contributed by atoms with Crippen LogP contribution in [0.25, 0.3) is 6.08 Å². The van der Waals surface area contributed by atoms with E-state index in [1.165, 1.54) is 22.3 Å². The third kappa shape index (κ3) is 7.19. The number of hydrogen-bond donors (Lipinski definition) is 1. The quantitative estimate of drug-likeness (QED) is 0.482. The second kappa shape index (κ2) is 11.8. The van der Waals surface area contributed by atoms with Gasteiger partial charge in [0, 0.05) is 12.6 Å². The molecule has 0 aliphatic heterocycles. The normalized spacial score (nSPS) is 13.9. The number of fused-ring (bicyclic) bond motifs is 1. The molecule has 1 unspecified atom stereocenters. The molecule has 2 aromatic rings. The first-order valence-corrected chi connectivity index (χ1v) is 11.0. The average Bonchev–Trinajstić information content (AvgIpc) is 2.78. The van der Waals surface area contributed by atoms with Crippen molar-refractivity contribution < 1.29 is 13.8 Å². The Hall–Kier alpha value is -2.30. The number of aryl methyl sites for hydroxylation is 2. The molecule has 1 aliphatic carbocycles. The van der Waals surface area contributed by atoms with Gasteiger partial charge in [-0.05, 0) is 67.9 Å². The third-order valence-corrected chi connectivity index (χ3v) is 5.57. The lowest BCUT2D eigenvalue weighted by molar-refractivity contribution is -0.134. The van der Waals surface area contributed by atoms with Gasteiger partial charge < -0.3 is 14.3 Å². The van der Waals surface area contributed by atoms with Crippen molar-refractivity contribution in [1.29, 1.82) is 0 Å². The molecule has 0 saturated heterocycles. The Morgan fingerprint density at radius 1 is 1.13 bits per heavy atom.